The second kappa shape index (κ2) is 3.81. The molecule has 0 aromatic heterocycles. The lowest BCUT2D eigenvalue weighted by Crippen LogP contribution is -2.10. The molecule has 0 spiro atoms. The minimum atomic E-state index is 0.368. The Balaban J connectivity index is 2.40. The van der Waals surface area contributed by atoms with E-state index in [9.17, 15) is 0 Å². The number of rotatable bonds is 1. The zero-order chi connectivity index (χ0) is 9.26. The van der Waals surface area contributed by atoms with Crippen LogP contribution in [0.25, 0.3) is 0 Å². The van der Waals surface area contributed by atoms with Crippen LogP contribution in [-0.4, -0.2) is 17.1 Å². The van der Waals surface area contributed by atoms with Crippen LogP contribution >= 0.6 is 27.5 Å². The molecule has 13 heavy (non-hydrogen) atoms. The third kappa shape index (κ3) is 1.79. The quantitative estimate of drug-likeness (QED) is 0.686. The monoisotopic (exact) mass is 257 g/mol. The van der Waals surface area contributed by atoms with Gasteiger partial charge in [-0.15, -0.1) is 0 Å². The minimum Gasteiger partial charge on any atom is -0.288 e. The summed E-state index contributed by atoms with van der Waals surface area (Å²) in [6.07, 6.45) is 1.07. The fourth-order valence-electron chi connectivity index (χ4n) is 1.46. The fraction of sp³-hybridized carbons (Fsp3) is 0.300. The van der Waals surface area contributed by atoms with Gasteiger partial charge in [0, 0.05) is 17.1 Å². The summed E-state index contributed by atoms with van der Waals surface area (Å²) in [6.45, 7) is 0.899. The lowest BCUT2D eigenvalue weighted by Gasteiger charge is -2.06. The molecule has 1 aromatic carbocycles. The molecule has 1 aromatic rings. The van der Waals surface area contributed by atoms with Crippen LogP contribution in [0.15, 0.2) is 29.3 Å². The van der Waals surface area contributed by atoms with Gasteiger partial charge in [-0.05, 0) is 12.5 Å². The third-order valence-corrected chi connectivity index (χ3v) is 3.33. The van der Waals surface area contributed by atoms with E-state index in [1.807, 2.05) is 24.3 Å². The van der Waals surface area contributed by atoms with Crippen LogP contribution in [0.1, 0.15) is 12.0 Å². The van der Waals surface area contributed by atoms with Crippen molar-refractivity contribution in [2.75, 3.05) is 6.54 Å². The Morgan fingerprint density at radius 1 is 1.38 bits per heavy atom. The van der Waals surface area contributed by atoms with Crippen LogP contribution in [0, 0.1) is 0 Å². The summed E-state index contributed by atoms with van der Waals surface area (Å²) in [5, 5.41) is 0.785. The highest BCUT2D eigenvalue weighted by atomic mass is 79.9. The molecule has 2 rings (SSSR count). The van der Waals surface area contributed by atoms with Gasteiger partial charge in [-0.1, -0.05) is 45.7 Å². The molecule has 0 radical (unpaired) electrons. The summed E-state index contributed by atoms with van der Waals surface area (Å²) in [5.74, 6) is 0. The first-order chi connectivity index (χ1) is 6.29. The zero-order valence-corrected chi connectivity index (χ0v) is 9.35. The molecule has 0 fully saturated rings. The van der Waals surface area contributed by atoms with E-state index in [2.05, 4.69) is 20.9 Å². The molecule has 1 heterocycles. The van der Waals surface area contributed by atoms with E-state index in [1.54, 1.807) is 0 Å². The van der Waals surface area contributed by atoms with Gasteiger partial charge in [0.05, 0.1) is 10.5 Å². The van der Waals surface area contributed by atoms with Crippen LogP contribution in [0.2, 0.25) is 5.02 Å². The molecule has 1 atom stereocenters. The van der Waals surface area contributed by atoms with Crippen molar-refractivity contribution in [2.45, 2.75) is 11.2 Å². The van der Waals surface area contributed by atoms with Crippen molar-refractivity contribution in [1.29, 1.82) is 0 Å². The van der Waals surface area contributed by atoms with Crippen molar-refractivity contribution in [3.63, 3.8) is 0 Å². The summed E-state index contributed by atoms with van der Waals surface area (Å²) in [5.41, 5.74) is 2.15. The van der Waals surface area contributed by atoms with Crippen LogP contribution in [0.3, 0.4) is 0 Å². The minimum absolute atomic E-state index is 0.368. The number of hydrogen-bond donors (Lipinski definition) is 0. The molecule has 0 aliphatic carbocycles. The maximum absolute atomic E-state index is 6.07. The van der Waals surface area contributed by atoms with Gasteiger partial charge in [0.25, 0.3) is 0 Å². The summed E-state index contributed by atoms with van der Waals surface area (Å²) in [4.78, 5) is 4.80. The van der Waals surface area contributed by atoms with Crippen molar-refractivity contribution >= 4 is 33.2 Å². The molecule has 68 valence electrons. The number of aliphatic imine (C=N–C) groups is 1. The van der Waals surface area contributed by atoms with Crippen LogP contribution in [0.5, 0.6) is 0 Å². The molecule has 3 heteroatoms. The van der Waals surface area contributed by atoms with Crippen molar-refractivity contribution < 1.29 is 0 Å². The molecule has 0 saturated carbocycles. The molecule has 0 saturated heterocycles. The van der Waals surface area contributed by atoms with E-state index in [1.165, 1.54) is 0 Å². The van der Waals surface area contributed by atoms with Gasteiger partial charge in [0.1, 0.15) is 0 Å². The summed E-state index contributed by atoms with van der Waals surface area (Å²) in [6, 6.07) is 7.84. The topological polar surface area (TPSA) is 12.4 Å². The normalized spacial score (nSPS) is 21.7. The first-order valence-corrected chi connectivity index (χ1v) is 5.51. The van der Waals surface area contributed by atoms with Gasteiger partial charge in [-0.2, -0.15) is 0 Å². The SMILES string of the molecule is Clc1ccccc1C1=NCCC1Br. The second-order valence-electron chi connectivity index (χ2n) is 3.00. The molecule has 1 nitrogen and oxygen atoms in total. The van der Waals surface area contributed by atoms with Crippen LogP contribution < -0.4 is 0 Å². The van der Waals surface area contributed by atoms with Crippen molar-refractivity contribution in [2.24, 2.45) is 4.99 Å². The van der Waals surface area contributed by atoms with E-state index in [-0.39, 0.29) is 0 Å². The summed E-state index contributed by atoms with van der Waals surface area (Å²) >= 11 is 9.65. The summed E-state index contributed by atoms with van der Waals surface area (Å²) < 4.78 is 0. The average Bonchev–Trinajstić information content (AvgIpc) is 2.52. The van der Waals surface area contributed by atoms with Gasteiger partial charge in [0.2, 0.25) is 0 Å². The summed E-state index contributed by atoms with van der Waals surface area (Å²) in [7, 11) is 0. The molecular formula is C10H9BrClN. The first kappa shape index (κ1) is 9.22. The standard InChI is InChI=1S/C10H9BrClN/c11-8-5-6-13-10(8)7-3-1-2-4-9(7)12/h1-4,8H,5-6H2. The Morgan fingerprint density at radius 2 is 2.15 bits per heavy atom. The van der Waals surface area contributed by atoms with Crippen molar-refractivity contribution in [1.82, 2.24) is 0 Å². The average molecular weight is 259 g/mol. The number of halogens is 2. The lowest BCUT2D eigenvalue weighted by atomic mass is 10.1. The van der Waals surface area contributed by atoms with Crippen LogP contribution in [0.4, 0.5) is 0 Å². The predicted molar refractivity (Wildman–Crippen MR) is 60.2 cm³/mol. The van der Waals surface area contributed by atoms with Crippen molar-refractivity contribution in [3.8, 4) is 0 Å². The van der Waals surface area contributed by atoms with Crippen molar-refractivity contribution in [3.05, 3.63) is 34.9 Å². The fourth-order valence-corrected chi connectivity index (χ4v) is 2.29. The molecule has 1 aliphatic heterocycles. The number of alkyl halides is 1. The maximum atomic E-state index is 6.07. The Labute approximate surface area is 91.0 Å². The molecule has 0 amide bonds. The van der Waals surface area contributed by atoms with Gasteiger partial charge in [-0.25, -0.2) is 0 Å². The highest BCUT2D eigenvalue weighted by Gasteiger charge is 2.20. The Kier molecular flexibility index (Phi) is 2.70. The number of hydrogen-bond acceptors (Lipinski definition) is 1. The highest BCUT2D eigenvalue weighted by Crippen LogP contribution is 2.25. The molecule has 1 aliphatic rings. The van der Waals surface area contributed by atoms with Crippen LogP contribution in [-0.2, 0) is 0 Å². The van der Waals surface area contributed by atoms with E-state index in [0.717, 1.165) is 29.3 Å². The highest BCUT2D eigenvalue weighted by molar-refractivity contribution is 9.10. The molecule has 0 bridgehead atoms. The number of benzene rings is 1. The van der Waals surface area contributed by atoms with E-state index in [0.29, 0.717) is 4.83 Å². The Hall–Kier alpha value is -0.340. The van der Waals surface area contributed by atoms with E-state index in [4.69, 9.17) is 11.6 Å². The zero-order valence-electron chi connectivity index (χ0n) is 7.00. The smallest absolute Gasteiger partial charge is 0.0587 e. The van der Waals surface area contributed by atoms with Gasteiger partial charge in [0.15, 0.2) is 0 Å². The maximum Gasteiger partial charge on any atom is 0.0587 e. The molecular weight excluding hydrogens is 249 g/mol. The predicted octanol–water partition coefficient (Wildman–Crippen LogP) is 3.30. The van der Waals surface area contributed by atoms with Gasteiger partial charge >= 0.3 is 0 Å². The number of nitrogens with zero attached hydrogens (tertiary/aromatic N) is 1. The molecule has 0 N–H and O–H groups in total. The van der Waals surface area contributed by atoms with Gasteiger partial charge in [-0.3, -0.25) is 4.99 Å². The van der Waals surface area contributed by atoms with E-state index < -0.39 is 0 Å². The lowest BCUT2D eigenvalue weighted by molar-refractivity contribution is 0.970. The Bertz CT molecular complexity index is 349. The second-order valence-corrected chi connectivity index (χ2v) is 4.52. The van der Waals surface area contributed by atoms with E-state index >= 15 is 0 Å². The van der Waals surface area contributed by atoms with Gasteiger partial charge < -0.3 is 0 Å². The largest absolute Gasteiger partial charge is 0.288 e. The Morgan fingerprint density at radius 3 is 2.77 bits per heavy atom. The molecule has 1 unspecified atom stereocenters. The first-order valence-electron chi connectivity index (χ1n) is 4.22. The third-order valence-electron chi connectivity index (χ3n) is 2.11.